The van der Waals surface area contributed by atoms with Gasteiger partial charge in [-0.2, -0.15) is 0 Å². The van der Waals surface area contributed by atoms with Crippen molar-refractivity contribution in [1.29, 1.82) is 0 Å². The summed E-state index contributed by atoms with van der Waals surface area (Å²) in [5.74, 6) is 0. The Kier molecular flexibility index (Phi) is 5.15. The lowest BCUT2D eigenvalue weighted by atomic mass is 10.1. The zero-order valence-electron chi connectivity index (χ0n) is 12.7. The molecule has 2 aromatic rings. The van der Waals surface area contributed by atoms with E-state index in [2.05, 4.69) is 67.3 Å². The smallest absolute Gasteiger partial charge is 0.189 e. The topological polar surface area (TPSA) is 28.2 Å². The van der Waals surface area contributed by atoms with Gasteiger partial charge < -0.3 is 10.2 Å². The molecule has 1 unspecified atom stereocenters. The van der Waals surface area contributed by atoms with Crippen molar-refractivity contribution in [3.8, 4) is 0 Å². The molecule has 0 radical (unpaired) electrons. The van der Waals surface area contributed by atoms with Gasteiger partial charge in [0.25, 0.3) is 0 Å². The van der Waals surface area contributed by atoms with E-state index in [0.29, 0.717) is 6.04 Å². The van der Waals surface area contributed by atoms with E-state index in [1.807, 2.05) is 6.20 Å². The predicted octanol–water partition coefficient (Wildman–Crippen LogP) is 4.14. The van der Waals surface area contributed by atoms with Gasteiger partial charge in [-0.3, -0.25) is 0 Å². The van der Waals surface area contributed by atoms with Crippen molar-refractivity contribution in [3.05, 3.63) is 40.9 Å². The fourth-order valence-corrected chi connectivity index (χ4v) is 3.03. The number of hydrogen-bond donors (Lipinski definition) is 1. The standard InChI is InChI=1S/C16H23N3S/c1-5-13-7-9-14(10-8-13)19(4)16-18-11-15(20-16)12(3)17-6-2/h7-12,17H,5-6H2,1-4H3. The van der Waals surface area contributed by atoms with Crippen molar-refractivity contribution < 1.29 is 0 Å². The average molecular weight is 289 g/mol. The van der Waals surface area contributed by atoms with Gasteiger partial charge in [-0.15, -0.1) is 0 Å². The Hall–Kier alpha value is -1.39. The molecule has 108 valence electrons. The Morgan fingerprint density at radius 1 is 1.25 bits per heavy atom. The fourth-order valence-electron chi connectivity index (χ4n) is 2.10. The largest absolute Gasteiger partial charge is 0.321 e. The highest BCUT2D eigenvalue weighted by molar-refractivity contribution is 7.15. The van der Waals surface area contributed by atoms with Crippen molar-refractivity contribution in [1.82, 2.24) is 10.3 Å². The number of benzene rings is 1. The molecule has 3 nitrogen and oxygen atoms in total. The van der Waals surface area contributed by atoms with Crippen LogP contribution in [-0.2, 0) is 6.42 Å². The van der Waals surface area contributed by atoms with Gasteiger partial charge >= 0.3 is 0 Å². The summed E-state index contributed by atoms with van der Waals surface area (Å²) in [5, 5.41) is 4.46. The van der Waals surface area contributed by atoms with E-state index in [1.54, 1.807) is 11.3 Å². The summed E-state index contributed by atoms with van der Waals surface area (Å²) in [6, 6.07) is 9.05. The molecule has 0 saturated carbocycles. The van der Waals surface area contributed by atoms with Crippen LogP contribution in [-0.4, -0.2) is 18.6 Å². The van der Waals surface area contributed by atoms with Crippen LogP contribution < -0.4 is 10.2 Å². The third-order valence-electron chi connectivity index (χ3n) is 3.47. The van der Waals surface area contributed by atoms with Crippen molar-refractivity contribution in [2.45, 2.75) is 33.2 Å². The van der Waals surface area contributed by atoms with Gasteiger partial charge in [-0.25, -0.2) is 4.98 Å². The lowest BCUT2D eigenvalue weighted by Crippen LogP contribution is -2.16. The highest BCUT2D eigenvalue weighted by Crippen LogP contribution is 2.30. The summed E-state index contributed by atoms with van der Waals surface area (Å²) in [6.07, 6.45) is 3.05. The minimum absolute atomic E-state index is 0.363. The van der Waals surface area contributed by atoms with Crippen molar-refractivity contribution in [3.63, 3.8) is 0 Å². The number of hydrogen-bond acceptors (Lipinski definition) is 4. The van der Waals surface area contributed by atoms with Gasteiger partial charge in [0.05, 0.1) is 0 Å². The van der Waals surface area contributed by atoms with Crippen LogP contribution in [0.1, 0.15) is 37.3 Å². The van der Waals surface area contributed by atoms with E-state index in [-0.39, 0.29) is 0 Å². The molecule has 0 amide bonds. The van der Waals surface area contributed by atoms with Crippen LogP contribution >= 0.6 is 11.3 Å². The number of nitrogens with one attached hydrogen (secondary N) is 1. The quantitative estimate of drug-likeness (QED) is 0.866. The van der Waals surface area contributed by atoms with Gasteiger partial charge in [0.1, 0.15) is 0 Å². The van der Waals surface area contributed by atoms with Crippen LogP contribution in [0.2, 0.25) is 0 Å². The van der Waals surface area contributed by atoms with E-state index >= 15 is 0 Å². The molecule has 0 aliphatic rings. The molecule has 0 aliphatic carbocycles. The third kappa shape index (κ3) is 3.38. The Bertz CT molecular complexity index is 533. The van der Waals surface area contributed by atoms with Crippen LogP contribution in [0.4, 0.5) is 10.8 Å². The maximum Gasteiger partial charge on any atom is 0.189 e. The van der Waals surface area contributed by atoms with Gasteiger partial charge in [-0.1, -0.05) is 37.3 Å². The number of aryl methyl sites for hydroxylation is 1. The molecular weight excluding hydrogens is 266 g/mol. The minimum atomic E-state index is 0.363. The monoisotopic (exact) mass is 289 g/mol. The molecule has 1 atom stereocenters. The number of aromatic nitrogens is 1. The van der Waals surface area contributed by atoms with Gasteiger partial charge in [-0.05, 0) is 37.6 Å². The minimum Gasteiger partial charge on any atom is -0.321 e. The first kappa shape index (κ1) is 15.0. The first-order valence-electron chi connectivity index (χ1n) is 7.17. The number of nitrogens with zero attached hydrogens (tertiary/aromatic N) is 2. The average Bonchev–Trinajstić information content (AvgIpc) is 2.97. The lowest BCUT2D eigenvalue weighted by Gasteiger charge is -2.16. The molecule has 0 spiro atoms. The molecule has 0 bridgehead atoms. The van der Waals surface area contributed by atoms with Crippen molar-refractivity contribution in [2.24, 2.45) is 0 Å². The highest BCUT2D eigenvalue weighted by Gasteiger charge is 2.12. The summed E-state index contributed by atoms with van der Waals surface area (Å²) in [5.41, 5.74) is 2.54. The van der Waals surface area contributed by atoms with Gasteiger partial charge in [0.15, 0.2) is 5.13 Å². The molecule has 1 N–H and O–H groups in total. The van der Waals surface area contributed by atoms with Crippen LogP contribution in [0.5, 0.6) is 0 Å². The fraction of sp³-hybridized carbons (Fsp3) is 0.438. The molecule has 0 aliphatic heterocycles. The second-order valence-electron chi connectivity index (χ2n) is 4.90. The Morgan fingerprint density at radius 2 is 1.95 bits per heavy atom. The summed E-state index contributed by atoms with van der Waals surface area (Å²) < 4.78 is 0. The summed E-state index contributed by atoms with van der Waals surface area (Å²) >= 11 is 1.75. The van der Waals surface area contributed by atoms with E-state index in [0.717, 1.165) is 18.1 Å². The molecular formula is C16H23N3S. The maximum atomic E-state index is 4.54. The second-order valence-corrected chi connectivity index (χ2v) is 5.94. The SMILES string of the molecule is CCNC(C)c1cnc(N(C)c2ccc(CC)cc2)s1. The van der Waals surface area contributed by atoms with Crippen LogP contribution in [0.15, 0.2) is 30.5 Å². The molecule has 2 rings (SSSR count). The van der Waals surface area contributed by atoms with Crippen molar-refractivity contribution in [2.75, 3.05) is 18.5 Å². The molecule has 20 heavy (non-hydrogen) atoms. The number of rotatable bonds is 6. The van der Waals surface area contributed by atoms with Gasteiger partial charge in [0.2, 0.25) is 0 Å². The molecule has 0 fully saturated rings. The molecule has 1 aromatic heterocycles. The van der Waals surface area contributed by atoms with Crippen LogP contribution in [0, 0.1) is 0 Å². The Labute approximate surface area is 125 Å². The van der Waals surface area contributed by atoms with E-state index < -0.39 is 0 Å². The first-order valence-corrected chi connectivity index (χ1v) is 7.99. The van der Waals surface area contributed by atoms with E-state index in [4.69, 9.17) is 0 Å². The molecule has 1 aromatic carbocycles. The van der Waals surface area contributed by atoms with Crippen molar-refractivity contribution >= 4 is 22.2 Å². The number of thiazole rings is 1. The molecule has 1 heterocycles. The van der Waals surface area contributed by atoms with E-state index in [9.17, 15) is 0 Å². The van der Waals surface area contributed by atoms with E-state index in [1.165, 1.54) is 16.1 Å². The van der Waals surface area contributed by atoms with Crippen LogP contribution in [0.3, 0.4) is 0 Å². The summed E-state index contributed by atoms with van der Waals surface area (Å²) in [7, 11) is 2.07. The van der Waals surface area contributed by atoms with Crippen LogP contribution in [0.25, 0.3) is 0 Å². The highest BCUT2D eigenvalue weighted by atomic mass is 32.1. The zero-order chi connectivity index (χ0) is 14.5. The Balaban J connectivity index is 2.13. The second kappa shape index (κ2) is 6.86. The lowest BCUT2D eigenvalue weighted by molar-refractivity contribution is 0.606. The first-order chi connectivity index (χ1) is 9.65. The summed E-state index contributed by atoms with van der Waals surface area (Å²) in [6.45, 7) is 7.45. The predicted molar refractivity (Wildman–Crippen MR) is 88.1 cm³/mol. The Morgan fingerprint density at radius 3 is 2.55 bits per heavy atom. The number of anilines is 2. The molecule has 4 heteroatoms. The normalized spacial score (nSPS) is 12.4. The zero-order valence-corrected chi connectivity index (χ0v) is 13.5. The maximum absolute atomic E-state index is 4.54. The summed E-state index contributed by atoms with van der Waals surface area (Å²) in [4.78, 5) is 7.96. The molecule has 0 saturated heterocycles. The third-order valence-corrected chi connectivity index (χ3v) is 4.72. The van der Waals surface area contributed by atoms with Gasteiger partial charge in [0, 0.05) is 29.9 Å².